The number of nitrogens with one attached hydrogen (secondary N) is 2. The summed E-state index contributed by atoms with van der Waals surface area (Å²) in [5.74, 6) is 0. The first kappa shape index (κ1) is 11.5. The van der Waals surface area contributed by atoms with Crippen LogP contribution in [0.5, 0.6) is 0 Å². The van der Waals surface area contributed by atoms with Crippen molar-refractivity contribution in [1.29, 1.82) is 5.26 Å². The van der Waals surface area contributed by atoms with Crippen molar-refractivity contribution in [1.82, 2.24) is 4.72 Å². The van der Waals surface area contributed by atoms with Crippen LogP contribution in [0.2, 0.25) is 0 Å². The van der Waals surface area contributed by atoms with Gasteiger partial charge in [-0.05, 0) is 18.6 Å². The molecule has 80 valence electrons. The summed E-state index contributed by atoms with van der Waals surface area (Å²) < 4.78 is 26.8. The van der Waals surface area contributed by atoms with Gasteiger partial charge in [0.05, 0.1) is 11.3 Å². The number of rotatable bonds is 3. The van der Waals surface area contributed by atoms with Crippen molar-refractivity contribution < 1.29 is 8.42 Å². The molecule has 0 atom stereocenters. The van der Waals surface area contributed by atoms with Crippen molar-refractivity contribution in [2.75, 3.05) is 11.8 Å². The minimum Gasteiger partial charge on any atom is -0.270 e. The van der Waals surface area contributed by atoms with E-state index in [0.717, 1.165) is 5.56 Å². The molecule has 0 aliphatic carbocycles. The van der Waals surface area contributed by atoms with Crippen molar-refractivity contribution in [3.8, 4) is 6.07 Å². The second-order valence-electron chi connectivity index (χ2n) is 2.92. The molecule has 0 heterocycles. The summed E-state index contributed by atoms with van der Waals surface area (Å²) in [6.45, 7) is 1.75. The Morgan fingerprint density at radius 2 is 2.07 bits per heavy atom. The van der Waals surface area contributed by atoms with E-state index < -0.39 is 10.2 Å². The summed E-state index contributed by atoms with van der Waals surface area (Å²) in [5.41, 5.74) is 1.34. The molecule has 6 heteroatoms. The molecule has 0 saturated heterocycles. The summed E-state index contributed by atoms with van der Waals surface area (Å²) in [7, 11) is -2.28. The van der Waals surface area contributed by atoms with Gasteiger partial charge in [-0.1, -0.05) is 12.1 Å². The van der Waals surface area contributed by atoms with Crippen LogP contribution in [0.1, 0.15) is 11.1 Å². The zero-order valence-corrected chi connectivity index (χ0v) is 9.22. The molecule has 0 radical (unpaired) electrons. The zero-order valence-electron chi connectivity index (χ0n) is 8.40. The quantitative estimate of drug-likeness (QED) is 0.796. The molecule has 2 N–H and O–H groups in total. The lowest BCUT2D eigenvalue weighted by Gasteiger charge is -2.09. The topological polar surface area (TPSA) is 82.0 Å². The minimum atomic E-state index is -3.57. The van der Waals surface area contributed by atoms with Crippen molar-refractivity contribution in [2.45, 2.75) is 6.92 Å². The molecule has 0 saturated carbocycles. The predicted molar refractivity (Wildman–Crippen MR) is 57.5 cm³/mol. The fourth-order valence-corrected chi connectivity index (χ4v) is 1.66. The number of nitriles is 1. The Bertz CT molecular complexity index is 503. The molecule has 0 aliphatic heterocycles. The average molecular weight is 225 g/mol. The first-order valence-corrected chi connectivity index (χ1v) is 5.69. The van der Waals surface area contributed by atoms with Crippen LogP contribution in [-0.4, -0.2) is 15.5 Å². The maximum atomic E-state index is 11.2. The largest absolute Gasteiger partial charge is 0.298 e. The van der Waals surface area contributed by atoms with Crippen LogP contribution in [0.4, 0.5) is 5.69 Å². The Hall–Kier alpha value is -1.58. The van der Waals surface area contributed by atoms with Gasteiger partial charge in [-0.3, -0.25) is 4.72 Å². The van der Waals surface area contributed by atoms with Gasteiger partial charge in [0.15, 0.2) is 0 Å². The van der Waals surface area contributed by atoms with Crippen molar-refractivity contribution in [3.05, 3.63) is 29.3 Å². The molecule has 0 spiro atoms. The molecule has 5 nitrogen and oxygen atoms in total. The van der Waals surface area contributed by atoms with E-state index in [2.05, 4.69) is 9.44 Å². The molecule has 1 aromatic carbocycles. The predicted octanol–water partition coefficient (Wildman–Crippen LogP) is 0.743. The second kappa shape index (κ2) is 4.29. The van der Waals surface area contributed by atoms with Crippen LogP contribution in [0.15, 0.2) is 18.2 Å². The normalized spacial score (nSPS) is 10.7. The molecule has 0 bridgehead atoms. The van der Waals surface area contributed by atoms with Crippen LogP contribution in [0, 0.1) is 18.3 Å². The third-order valence-electron chi connectivity index (χ3n) is 1.90. The van der Waals surface area contributed by atoms with Gasteiger partial charge < -0.3 is 0 Å². The SMILES string of the molecule is CNS(=O)(=O)Nc1cccc(C)c1C#N. The number of hydrogen-bond acceptors (Lipinski definition) is 3. The van der Waals surface area contributed by atoms with Crippen LogP contribution in [-0.2, 0) is 10.2 Å². The molecule has 0 unspecified atom stereocenters. The molecule has 0 aromatic heterocycles. The second-order valence-corrected chi connectivity index (χ2v) is 4.54. The molecule has 0 aliphatic rings. The highest BCUT2D eigenvalue weighted by Gasteiger charge is 2.10. The van der Waals surface area contributed by atoms with Gasteiger partial charge in [0, 0.05) is 7.05 Å². The highest BCUT2D eigenvalue weighted by Crippen LogP contribution is 2.18. The lowest BCUT2D eigenvalue weighted by atomic mass is 10.1. The summed E-state index contributed by atoms with van der Waals surface area (Å²) in [6, 6.07) is 6.93. The van der Waals surface area contributed by atoms with E-state index in [4.69, 9.17) is 5.26 Å². The van der Waals surface area contributed by atoms with Gasteiger partial charge in [0.1, 0.15) is 6.07 Å². The summed E-state index contributed by atoms with van der Waals surface area (Å²) in [4.78, 5) is 0. The molecular weight excluding hydrogens is 214 g/mol. The van der Waals surface area contributed by atoms with Crippen LogP contribution in [0.3, 0.4) is 0 Å². The van der Waals surface area contributed by atoms with Gasteiger partial charge in [-0.2, -0.15) is 13.7 Å². The van der Waals surface area contributed by atoms with E-state index in [1.54, 1.807) is 25.1 Å². The Labute approximate surface area is 88.9 Å². The molecule has 0 amide bonds. The number of aryl methyl sites for hydroxylation is 1. The Balaban J connectivity index is 3.18. The Kier molecular flexibility index (Phi) is 3.29. The molecule has 0 fully saturated rings. The van der Waals surface area contributed by atoms with Gasteiger partial charge >= 0.3 is 0 Å². The van der Waals surface area contributed by atoms with Crippen molar-refractivity contribution in [2.24, 2.45) is 0 Å². The van der Waals surface area contributed by atoms with E-state index in [0.29, 0.717) is 5.56 Å². The zero-order chi connectivity index (χ0) is 11.5. The summed E-state index contributed by atoms with van der Waals surface area (Å²) in [5, 5.41) is 8.86. The van der Waals surface area contributed by atoms with Gasteiger partial charge in [0.25, 0.3) is 10.2 Å². The third kappa shape index (κ3) is 2.68. The van der Waals surface area contributed by atoms with Crippen molar-refractivity contribution >= 4 is 15.9 Å². The maximum absolute atomic E-state index is 11.2. The smallest absolute Gasteiger partial charge is 0.270 e. The first-order valence-electron chi connectivity index (χ1n) is 4.21. The molecular formula is C9H11N3O2S. The number of anilines is 1. The van der Waals surface area contributed by atoms with Crippen molar-refractivity contribution in [3.63, 3.8) is 0 Å². The van der Waals surface area contributed by atoms with Gasteiger partial charge in [0.2, 0.25) is 0 Å². The van der Waals surface area contributed by atoms with Crippen LogP contribution >= 0.6 is 0 Å². The number of benzene rings is 1. The third-order valence-corrected chi connectivity index (χ3v) is 2.92. The molecule has 15 heavy (non-hydrogen) atoms. The van der Waals surface area contributed by atoms with E-state index in [-0.39, 0.29) is 5.69 Å². The van der Waals surface area contributed by atoms with Crippen LogP contribution < -0.4 is 9.44 Å². The maximum Gasteiger partial charge on any atom is 0.298 e. The van der Waals surface area contributed by atoms with E-state index >= 15 is 0 Å². The molecule has 1 aromatic rings. The summed E-state index contributed by atoms with van der Waals surface area (Å²) in [6.07, 6.45) is 0. The van der Waals surface area contributed by atoms with E-state index in [9.17, 15) is 8.42 Å². The fraction of sp³-hybridized carbons (Fsp3) is 0.222. The lowest BCUT2D eigenvalue weighted by molar-refractivity contribution is 0.593. The first-order chi connectivity index (χ1) is 7.00. The standard InChI is InChI=1S/C9H11N3O2S/c1-7-4-3-5-9(8(7)6-10)12-15(13,14)11-2/h3-5,11-12H,1-2H3. The van der Waals surface area contributed by atoms with E-state index in [1.807, 2.05) is 6.07 Å². The Morgan fingerprint density at radius 3 is 2.60 bits per heavy atom. The number of hydrogen-bond donors (Lipinski definition) is 2. The van der Waals surface area contributed by atoms with Crippen LogP contribution in [0.25, 0.3) is 0 Å². The highest BCUT2D eigenvalue weighted by atomic mass is 32.2. The summed E-state index contributed by atoms with van der Waals surface area (Å²) >= 11 is 0. The monoisotopic (exact) mass is 225 g/mol. The number of nitrogens with zero attached hydrogens (tertiary/aromatic N) is 1. The van der Waals surface area contributed by atoms with Gasteiger partial charge in [-0.25, -0.2) is 4.72 Å². The molecule has 1 rings (SSSR count). The van der Waals surface area contributed by atoms with E-state index in [1.165, 1.54) is 7.05 Å². The highest BCUT2D eigenvalue weighted by molar-refractivity contribution is 7.90. The van der Waals surface area contributed by atoms with Gasteiger partial charge in [-0.15, -0.1) is 0 Å². The fourth-order valence-electron chi connectivity index (χ4n) is 1.10. The lowest BCUT2D eigenvalue weighted by Crippen LogP contribution is -2.26. The average Bonchev–Trinajstić information content (AvgIpc) is 2.18. The minimum absolute atomic E-state index is 0.284. The Morgan fingerprint density at radius 1 is 1.40 bits per heavy atom.